The van der Waals surface area contributed by atoms with Crippen LogP contribution in [0.25, 0.3) is 0 Å². The highest BCUT2D eigenvalue weighted by Gasteiger charge is 2.31. The van der Waals surface area contributed by atoms with Gasteiger partial charge in [-0.3, -0.25) is 4.79 Å². The second-order valence-electron chi connectivity index (χ2n) is 5.74. The minimum atomic E-state index is -0.325. The molecule has 0 aromatic rings. The van der Waals surface area contributed by atoms with Crippen LogP contribution in [0.1, 0.15) is 46.5 Å². The van der Waals surface area contributed by atoms with Crippen molar-refractivity contribution in [1.29, 1.82) is 0 Å². The van der Waals surface area contributed by atoms with E-state index in [9.17, 15) is 4.79 Å². The van der Waals surface area contributed by atoms with Crippen LogP contribution in [0.3, 0.4) is 0 Å². The summed E-state index contributed by atoms with van der Waals surface area (Å²) in [6.07, 6.45) is 4.61. The minimum Gasteiger partial charge on any atom is -0.329 e. The fourth-order valence-corrected chi connectivity index (χ4v) is 2.61. The van der Waals surface area contributed by atoms with Crippen molar-refractivity contribution in [3.05, 3.63) is 0 Å². The zero-order chi connectivity index (χ0) is 11.6. The molecule has 0 aromatic carbocycles. The van der Waals surface area contributed by atoms with Crippen molar-refractivity contribution in [3.63, 3.8) is 0 Å². The maximum Gasteiger partial charge on any atom is 0.316 e. The lowest BCUT2D eigenvalue weighted by atomic mass is 9.71. The fraction of sp³-hybridized carbons (Fsp3) is 0.917. The van der Waals surface area contributed by atoms with E-state index in [1.165, 1.54) is 12.8 Å². The standard InChI is InChI=1S/C12H22ClNO/c1-12(2,3)9-5-7-10(8-6-9)14(4)11(13)15/h9-10H,5-8H2,1-4H3. The summed E-state index contributed by atoms with van der Waals surface area (Å²) in [4.78, 5) is 12.7. The van der Waals surface area contributed by atoms with Crippen molar-refractivity contribution >= 4 is 17.0 Å². The molecular weight excluding hydrogens is 210 g/mol. The third-order valence-electron chi connectivity index (χ3n) is 3.75. The van der Waals surface area contributed by atoms with E-state index < -0.39 is 0 Å². The summed E-state index contributed by atoms with van der Waals surface area (Å²) < 4.78 is 0. The Morgan fingerprint density at radius 3 is 2.00 bits per heavy atom. The maximum absolute atomic E-state index is 11.0. The molecule has 1 rings (SSSR count). The molecule has 1 amide bonds. The summed E-state index contributed by atoms with van der Waals surface area (Å²) in [5.41, 5.74) is 0.397. The van der Waals surface area contributed by atoms with E-state index in [2.05, 4.69) is 20.8 Å². The molecule has 1 fully saturated rings. The number of rotatable bonds is 1. The van der Waals surface area contributed by atoms with Crippen molar-refractivity contribution in [2.75, 3.05) is 7.05 Å². The highest BCUT2D eigenvalue weighted by atomic mass is 35.5. The molecule has 1 aliphatic rings. The third-order valence-corrected chi connectivity index (χ3v) is 4.01. The molecule has 0 aromatic heterocycles. The highest BCUT2D eigenvalue weighted by molar-refractivity contribution is 6.62. The number of carbonyl (C=O) groups is 1. The van der Waals surface area contributed by atoms with Gasteiger partial charge in [0.15, 0.2) is 0 Å². The summed E-state index contributed by atoms with van der Waals surface area (Å²) in [7, 11) is 1.80. The molecule has 0 unspecified atom stereocenters. The molecule has 0 heterocycles. The molecule has 1 saturated carbocycles. The zero-order valence-electron chi connectivity index (χ0n) is 10.2. The number of halogens is 1. The molecule has 88 valence electrons. The Balaban J connectivity index is 2.46. The Bertz CT molecular complexity index is 226. The average Bonchev–Trinajstić information content (AvgIpc) is 2.15. The quantitative estimate of drug-likeness (QED) is 0.495. The van der Waals surface area contributed by atoms with Crippen LogP contribution in [0.4, 0.5) is 4.79 Å². The first-order valence-corrected chi connectivity index (χ1v) is 6.12. The molecule has 3 heteroatoms. The van der Waals surface area contributed by atoms with Crippen LogP contribution in [0, 0.1) is 11.3 Å². The van der Waals surface area contributed by atoms with Crippen LogP contribution < -0.4 is 0 Å². The predicted octanol–water partition coefficient (Wildman–Crippen LogP) is 3.88. The van der Waals surface area contributed by atoms with E-state index in [0.29, 0.717) is 11.5 Å². The smallest absolute Gasteiger partial charge is 0.316 e. The monoisotopic (exact) mass is 231 g/mol. The number of nitrogens with zero attached hydrogens (tertiary/aromatic N) is 1. The van der Waals surface area contributed by atoms with E-state index >= 15 is 0 Å². The number of hydrogen-bond acceptors (Lipinski definition) is 1. The minimum absolute atomic E-state index is 0.325. The van der Waals surface area contributed by atoms with Gasteiger partial charge in [-0.05, 0) is 48.6 Å². The molecule has 0 aliphatic heterocycles. The molecule has 0 radical (unpaired) electrons. The third kappa shape index (κ3) is 3.37. The molecule has 0 bridgehead atoms. The highest BCUT2D eigenvalue weighted by Crippen LogP contribution is 2.38. The molecular formula is C12H22ClNO. The lowest BCUT2D eigenvalue weighted by molar-refractivity contribution is 0.127. The Morgan fingerprint density at radius 2 is 1.67 bits per heavy atom. The first-order chi connectivity index (χ1) is 6.82. The SMILES string of the molecule is CN(C(=O)Cl)C1CCC(C(C)(C)C)CC1. The van der Waals surface area contributed by atoms with Gasteiger partial charge in [0.1, 0.15) is 0 Å². The van der Waals surface area contributed by atoms with Gasteiger partial charge in [-0.25, -0.2) is 0 Å². The number of carbonyl (C=O) groups excluding carboxylic acids is 1. The van der Waals surface area contributed by atoms with Crippen molar-refractivity contribution in [3.8, 4) is 0 Å². The first-order valence-electron chi connectivity index (χ1n) is 5.74. The Hall–Kier alpha value is -0.240. The van der Waals surface area contributed by atoms with Gasteiger partial charge < -0.3 is 4.90 Å². The number of amides is 1. The number of hydrogen-bond donors (Lipinski definition) is 0. The van der Waals surface area contributed by atoms with Crippen molar-refractivity contribution in [2.24, 2.45) is 11.3 Å². The molecule has 0 atom stereocenters. The normalized spacial score (nSPS) is 27.5. The lowest BCUT2D eigenvalue weighted by Gasteiger charge is -2.39. The summed E-state index contributed by atoms with van der Waals surface area (Å²) in [5, 5.41) is -0.325. The van der Waals surface area contributed by atoms with Crippen LogP contribution >= 0.6 is 11.6 Å². The van der Waals surface area contributed by atoms with Crippen LogP contribution in [0.15, 0.2) is 0 Å². The Kier molecular flexibility index (Phi) is 4.05. The van der Waals surface area contributed by atoms with E-state index in [1.807, 2.05) is 0 Å². The van der Waals surface area contributed by atoms with Crippen LogP contribution in [0.5, 0.6) is 0 Å². The van der Waals surface area contributed by atoms with Gasteiger partial charge in [-0.2, -0.15) is 0 Å². The summed E-state index contributed by atoms with van der Waals surface area (Å²) in [6.45, 7) is 6.90. The second-order valence-corrected chi connectivity index (χ2v) is 6.06. The predicted molar refractivity (Wildman–Crippen MR) is 64.2 cm³/mol. The fourth-order valence-electron chi connectivity index (χ4n) is 2.47. The summed E-state index contributed by atoms with van der Waals surface area (Å²) in [5.74, 6) is 0.785. The van der Waals surface area contributed by atoms with Gasteiger partial charge in [0.05, 0.1) is 0 Å². The Labute approximate surface area is 98.0 Å². The van der Waals surface area contributed by atoms with Gasteiger partial charge in [0.25, 0.3) is 0 Å². The van der Waals surface area contributed by atoms with Crippen LogP contribution in [-0.2, 0) is 0 Å². The van der Waals surface area contributed by atoms with Crippen LogP contribution in [0.2, 0.25) is 0 Å². The van der Waals surface area contributed by atoms with Gasteiger partial charge in [0, 0.05) is 13.1 Å². The van der Waals surface area contributed by atoms with E-state index in [0.717, 1.165) is 18.8 Å². The topological polar surface area (TPSA) is 20.3 Å². The van der Waals surface area contributed by atoms with Gasteiger partial charge in [-0.1, -0.05) is 20.8 Å². The molecule has 0 N–H and O–H groups in total. The first kappa shape index (κ1) is 12.8. The van der Waals surface area contributed by atoms with E-state index in [1.54, 1.807) is 11.9 Å². The molecule has 0 spiro atoms. The lowest BCUT2D eigenvalue weighted by Crippen LogP contribution is -2.38. The summed E-state index contributed by atoms with van der Waals surface area (Å²) >= 11 is 5.47. The zero-order valence-corrected chi connectivity index (χ0v) is 11.0. The van der Waals surface area contributed by atoms with Gasteiger partial charge >= 0.3 is 5.37 Å². The van der Waals surface area contributed by atoms with E-state index in [4.69, 9.17) is 11.6 Å². The molecule has 2 nitrogen and oxygen atoms in total. The average molecular weight is 232 g/mol. The second kappa shape index (κ2) is 4.73. The summed E-state index contributed by atoms with van der Waals surface area (Å²) in [6, 6.07) is 0.355. The van der Waals surface area contributed by atoms with Crippen molar-refractivity contribution in [2.45, 2.75) is 52.5 Å². The molecule has 0 saturated heterocycles. The van der Waals surface area contributed by atoms with Crippen LogP contribution in [-0.4, -0.2) is 23.4 Å². The maximum atomic E-state index is 11.0. The largest absolute Gasteiger partial charge is 0.329 e. The van der Waals surface area contributed by atoms with E-state index in [-0.39, 0.29) is 5.37 Å². The van der Waals surface area contributed by atoms with Gasteiger partial charge in [0.2, 0.25) is 0 Å². The van der Waals surface area contributed by atoms with Crippen molar-refractivity contribution in [1.82, 2.24) is 4.90 Å². The molecule has 1 aliphatic carbocycles. The van der Waals surface area contributed by atoms with Crippen molar-refractivity contribution < 1.29 is 4.79 Å². The molecule has 15 heavy (non-hydrogen) atoms. The van der Waals surface area contributed by atoms with Gasteiger partial charge in [-0.15, -0.1) is 0 Å². The Morgan fingerprint density at radius 1 is 1.20 bits per heavy atom.